The molecule has 0 radical (unpaired) electrons. The van der Waals surface area contributed by atoms with E-state index in [0.29, 0.717) is 12.1 Å². The molecule has 1 N–H and O–H groups in total. The normalized spacial score (nSPS) is 24.3. The Morgan fingerprint density at radius 1 is 1.53 bits per heavy atom. The van der Waals surface area contributed by atoms with E-state index in [9.17, 15) is 0 Å². The van der Waals surface area contributed by atoms with E-state index >= 15 is 0 Å². The Morgan fingerprint density at radius 3 is 2.73 bits per heavy atom. The Morgan fingerprint density at radius 2 is 2.27 bits per heavy atom. The molecule has 86 valence electrons. The molecule has 1 rings (SSSR count). The minimum absolute atomic E-state index is 0.0119. The molecule has 0 amide bonds. The van der Waals surface area contributed by atoms with Crippen molar-refractivity contribution < 1.29 is 0 Å². The highest BCUT2D eigenvalue weighted by atomic mass is 15.2. The number of nitrogens with zero attached hydrogens (tertiary/aromatic N) is 2. The van der Waals surface area contributed by atoms with Crippen LogP contribution in [0.15, 0.2) is 0 Å². The molecule has 3 heteroatoms. The third kappa shape index (κ3) is 4.19. The van der Waals surface area contributed by atoms with Crippen LogP contribution < -0.4 is 5.32 Å². The average molecular weight is 209 g/mol. The molecule has 0 aromatic rings. The molecule has 2 unspecified atom stereocenters. The van der Waals surface area contributed by atoms with E-state index in [1.54, 1.807) is 0 Å². The smallest absolute Gasteiger partial charge is 0.0967 e. The van der Waals surface area contributed by atoms with Gasteiger partial charge < -0.3 is 4.90 Å². The maximum Gasteiger partial charge on any atom is 0.0967 e. The molecule has 0 bridgehead atoms. The lowest BCUT2D eigenvalue weighted by atomic mass is 10.2. The first-order valence-corrected chi connectivity index (χ1v) is 6.03. The largest absolute Gasteiger partial charge is 0.301 e. The first-order chi connectivity index (χ1) is 7.13. The van der Waals surface area contributed by atoms with Gasteiger partial charge in [-0.2, -0.15) is 5.26 Å². The lowest BCUT2D eigenvalue weighted by Crippen LogP contribution is -2.37. The molecule has 0 aromatic carbocycles. The molecule has 1 aliphatic rings. The second-order valence-corrected chi connectivity index (χ2v) is 4.82. The topological polar surface area (TPSA) is 39.1 Å². The summed E-state index contributed by atoms with van der Waals surface area (Å²) in [6.07, 6.45) is 3.57. The molecule has 1 saturated heterocycles. The second kappa shape index (κ2) is 6.09. The average Bonchev–Trinajstić information content (AvgIpc) is 2.58. The van der Waals surface area contributed by atoms with Crippen molar-refractivity contribution in [2.24, 2.45) is 0 Å². The zero-order chi connectivity index (χ0) is 11.3. The zero-order valence-electron chi connectivity index (χ0n) is 10.2. The van der Waals surface area contributed by atoms with Crippen LogP contribution in [0.3, 0.4) is 0 Å². The molecular weight excluding hydrogens is 186 g/mol. The SMILES string of the molecule is CC(C)NC(C#N)CCN1CCCC1C. The van der Waals surface area contributed by atoms with Crippen molar-refractivity contribution in [1.29, 1.82) is 5.26 Å². The standard InChI is InChI=1S/C12H23N3/c1-10(2)14-12(9-13)6-8-15-7-4-5-11(15)3/h10-12,14H,4-8H2,1-3H3. The van der Waals surface area contributed by atoms with Crippen molar-refractivity contribution in [3.8, 4) is 6.07 Å². The first kappa shape index (κ1) is 12.5. The van der Waals surface area contributed by atoms with Gasteiger partial charge in [0.1, 0.15) is 0 Å². The molecule has 0 spiro atoms. The fourth-order valence-corrected chi connectivity index (χ4v) is 2.21. The summed E-state index contributed by atoms with van der Waals surface area (Å²) in [6, 6.07) is 3.45. The van der Waals surface area contributed by atoms with Crippen LogP contribution in [-0.4, -0.2) is 36.1 Å². The molecule has 2 atom stereocenters. The quantitative estimate of drug-likeness (QED) is 0.750. The van der Waals surface area contributed by atoms with Gasteiger partial charge in [0.25, 0.3) is 0 Å². The predicted molar refractivity (Wildman–Crippen MR) is 62.6 cm³/mol. The van der Waals surface area contributed by atoms with Gasteiger partial charge >= 0.3 is 0 Å². The van der Waals surface area contributed by atoms with Crippen LogP contribution in [0.5, 0.6) is 0 Å². The molecular formula is C12H23N3. The van der Waals surface area contributed by atoms with Crippen molar-refractivity contribution in [3.63, 3.8) is 0 Å². The molecule has 0 saturated carbocycles. The summed E-state index contributed by atoms with van der Waals surface area (Å²) in [5.41, 5.74) is 0. The molecule has 1 heterocycles. The van der Waals surface area contributed by atoms with Crippen LogP contribution in [-0.2, 0) is 0 Å². The summed E-state index contributed by atoms with van der Waals surface area (Å²) < 4.78 is 0. The van der Waals surface area contributed by atoms with Gasteiger partial charge in [0.05, 0.1) is 12.1 Å². The van der Waals surface area contributed by atoms with E-state index in [-0.39, 0.29) is 6.04 Å². The minimum Gasteiger partial charge on any atom is -0.301 e. The predicted octanol–water partition coefficient (Wildman–Crippen LogP) is 1.75. The highest BCUT2D eigenvalue weighted by molar-refractivity contribution is 4.91. The van der Waals surface area contributed by atoms with Gasteiger partial charge in [-0.3, -0.25) is 5.32 Å². The van der Waals surface area contributed by atoms with E-state index in [1.807, 2.05) is 0 Å². The summed E-state index contributed by atoms with van der Waals surface area (Å²) in [6.45, 7) is 8.72. The molecule has 0 aliphatic carbocycles. The highest BCUT2D eigenvalue weighted by Crippen LogP contribution is 2.16. The third-order valence-electron chi connectivity index (χ3n) is 3.09. The van der Waals surface area contributed by atoms with Crippen molar-refractivity contribution in [1.82, 2.24) is 10.2 Å². The summed E-state index contributed by atoms with van der Waals surface area (Å²) in [5, 5.41) is 12.3. The molecule has 15 heavy (non-hydrogen) atoms. The Labute approximate surface area is 93.5 Å². The number of likely N-dealkylation sites (tertiary alicyclic amines) is 1. The van der Waals surface area contributed by atoms with Gasteiger partial charge in [-0.05, 0) is 46.6 Å². The van der Waals surface area contributed by atoms with Gasteiger partial charge in [0, 0.05) is 18.6 Å². The molecule has 1 fully saturated rings. The van der Waals surface area contributed by atoms with E-state index in [1.165, 1.54) is 19.4 Å². The zero-order valence-corrected chi connectivity index (χ0v) is 10.2. The summed E-state index contributed by atoms with van der Waals surface area (Å²) in [4.78, 5) is 2.49. The van der Waals surface area contributed by atoms with Crippen molar-refractivity contribution in [2.75, 3.05) is 13.1 Å². The third-order valence-corrected chi connectivity index (χ3v) is 3.09. The van der Waals surface area contributed by atoms with Crippen LogP contribution in [0.1, 0.15) is 40.0 Å². The summed E-state index contributed by atoms with van der Waals surface area (Å²) in [7, 11) is 0. The lowest BCUT2D eigenvalue weighted by Gasteiger charge is -2.23. The van der Waals surface area contributed by atoms with Gasteiger partial charge in [-0.1, -0.05) is 0 Å². The van der Waals surface area contributed by atoms with Crippen molar-refractivity contribution >= 4 is 0 Å². The number of hydrogen-bond donors (Lipinski definition) is 1. The van der Waals surface area contributed by atoms with Gasteiger partial charge in [0.15, 0.2) is 0 Å². The fraction of sp³-hybridized carbons (Fsp3) is 0.917. The van der Waals surface area contributed by atoms with Crippen LogP contribution >= 0.6 is 0 Å². The summed E-state index contributed by atoms with van der Waals surface area (Å²) in [5.74, 6) is 0. The lowest BCUT2D eigenvalue weighted by molar-refractivity contribution is 0.256. The van der Waals surface area contributed by atoms with Gasteiger partial charge in [-0.25, -0.2) is 0 Å². The van der Waals surface area contributed by atoms with E-state index in [4.69, 9.17) is 5.26 Å². The second-order valence-electron chi connectivity index (χ2n) is 4.82. The number of nitrogens with one attached hydrogen (secondary N) is 1. The van der Waals surface area contributed by atoms with Gasteiger partial charge in [0.2, 0.25) is 0 Å². The van der Waals surface area contributed by atoms with Crippen LogP contribution in [0.4, 0.5) is 0 Å². The van der Waals surface area contributed by atoms with Crippen LogP contribution in [0.2, 0.25) is 0 Å². The number of nitriles is 1. The molecule has 0 aromatic heterocycles. The maximum absolute atomic E-state index is 8.98. The minimum atomic E-state index is 0.0119. The van der Waals surface area contributed by atoms with Crippen LogP contribution in [0.25, 0.3) is 0 Å². The maximum atomic E-state index is 8.98. The Hall–Kier alpha value is -0.590. The van der Waals surface area contributed by atoms with E-state index < -0.39 is 0 Å². The number of rotatable bonds is 5. The first-order valence-electron chi connectivity index (χ1n) is 6.03. The Balaban J connectivity index is 2.25. The Bertz CT molecular complexity index is 219. The summed E-state index contributed by atoms with van der Waals surface area (Å²) >= 11 is 0. The Kier molecular flexibility index (Phi) is 5.07. The molecule has 3 nitrogen and oxygen atoms in total. The number of hydrogen-bond acceptors (Lipinski definition) is 3. The van der Waals surface area contributed by atoms with E-state index in [2.05, 4.69) is 37.1 Å². The van der Waals surface area contributed by atoms with Crippen molar-refractivity contribution in [3.05, 3.63) is 0 Å². The highest BCUT2D eigenvalue weighted by Gasteiger charge is 2.20. The fourth-order valence-electron chi connectivity index (χ4n) is 2.21. The van der Waals surface area contributed by atoms with Gasteiger partial charge in [-0.15, -0.1) is 0 Å². The van der Waals surface area contributed by atoms with E-state index in [0.717, 1.165) is 13.0 Å². The van der Waals surface area contributed by atoms with Crippen molar-refractivity contribution in [2.45, 2.75) is 58.2 Å². The molecule has 1 aliphatic heterocycles. The van der Waals surface area contributed by atoms with Crippen LogP contribution in [0, 0.1) is 11.3 Å². The monoisotopic (exact) mass is 209 g/mol.